The van der Waals surface area contributed by atoms with Crippen LogP contribution in [-0.2, 0) is 14.8 Å². The van der Waals surface area contributed by atoms with E-state index in [1.165, 1.54) is 12.1 Å². The van der Waals surface area contributed by atoms with Crippen molar-refractivity contribution < 1.29 is 27.9 Å². The number of hydrogen-bond donors (Lipinski definition) is 3. The number of primary sulfonamides is 1. The molecule has 3 rings (SSSR count). The quantitative estimate of drug-likeness (QED) is 0.482. The van der Waals surface area contributed by atoms with Crippen LogP contribution in [0.25, 0.3) is 11.1 Å². The van der Waals surface area contributed by atoms with Gasteiger partial charge >= 0.3 is 5.97 Å². The largest absolute Gasteiger partial charge is 0.480 e. The summed E-state index contributed by atoms with van der Waals surface area (Å²) in [4.78, 5) is 35.8. The number of carbonyl (C=O) groups is 3. The molecule has 1 amide bonds. The van der Waals surface area contributed by atoms with E-state index in [0.29, 0.717) is 5.56 Å². The van der Waals surface area contributed by atoms with Crippen LogP contribution in [0, 0.1) is 0 Å². The molecular formula is C22H18N2O6S. The molecule has 0 aliphatic heterocycles. The molecule has 0 radical (unpaired) electrons. The van der Waals surface area contributed by atoms with Crippen LogP contribution in [0.3, 0.4) is 0 Å². The minimum atomic E-state index is -4.19. The normalized spacial score (nSPS) is 11.0. The van der Waals surface area contributed by atoms with Crippen molar-refractivity contribution in [3.63, 3.8) is 0 Å². The molecule has 0 aliphatic carbocycles. The van der Waals surface area contributed by atoms with Crippen LogP contribution < -0.4 is 10.5 Å². The fourth-order valence-electron chi connectivity index (χ4n) is 3.05. The van der Waals surface area contributed by atoms with Crippen molar-refractivity contribution >= 4 is 27.7 Å². The maximum absolute atomic E-state index is 13.1. The van der Waals surface area contributed by atoms with Crippen molar-refractivity contribution in [1.82, 2.24) is 5.32 Å². The molecular weight excluding hydrogens is 420 g/mol. The Hall–Kier alpha value is -3.82. The molecule has 3 aromatic rings. The van der Waals surface area contributed by atoms with E-state index in [1.54, 1.807) is 54.6 Å². The molecule has 0 spiro atoms. The summed E-state index contributed by atoms with van der Waals surface area (Å²) < 4.78 is 24.4. The number of benzene rings is 3. The number of nitrogens with two attached hydrogens (primary N) is 1. The summed E-state index contributed by atoms with van der Waals surface area (Å²) in [5.74, 6) is -2.28. The molecule has 158 valence electrons. The second kappa shape index (κ2) is 8.90. The number of sulfonamides is 1. The molecule has 4 N–H and O–H groups in total. The van der Waals surface area contributed by atoms with Gasteiger partial charge < -0.3 is 10.4 Å². The van der Waals surface area contributed by atoms with Crippen LogP contribution in [0.4, 0.5) is 0 Å². The summed E-state index contributed by atoms with van der Waals surface area (Å²) in [6, 6.07) is 18.5. The molecule has 0 unspecified atom stereocenters. The van der Waals surface area contributed by atoms with Gasteiger partial charge in [0.25, 0.3) is 5.91 Å². The SMILES string of the molecule is NS(=O)(=O)c1ccc(C(=O)NCC(=O)O)cc1-c1ccccc1C(=O)c1ccccc1. The van der Waals surface area contributed by atoms with E-state index < -0.39 is 28.4 Å². The zero-order chi connectivity index (χ0) is 22.6. The van der Waals surface area contributed by atoms with Crippen LogP contribution in [0.15, 0.2) is 77.7 Å². The molecule has 8 nitrogen and oxygen atoms in total. The van der Waals surface area contributed by atoms with Gasteiger partial charge in [0, 0.05) is 22.3 Å². The number of carbonyl (C=O) groups excluding carboxylic acids is 2. The summed E-state index contributed by atoms with van der Waals surface area (Å²) in [5, 5.41) is 16.3. The van der Waals surface area contributed by atoms with Crippen molar-refractivity contribution in [1.29, 1.82) is 0 Å². The van der Waals surface area contributed by atoms with Gasteiger partial charge in [-0.3, -0.25) is 14.4 Å². The predicted molar refractivity (Wildman–Crippen MR) is 113 cm³/mol. The third-order valence-electron chi connectivity index (χ3n) is 4.45. The number of carboxylic acid groups (broad SMARTS) is 1. The van der Waals surface area contributed by atoms with Crippen molar-refractivity contribution in [2.45, 2.75) is 4.90 Å². The van der Waals surface area contributed by atoms with E-state index in [9.17, 15) is 22.8 Å². The van der Waals surface area contributed by atoms with Crippen LogP contribution in [0.2, 0.25) is 0 Å². The molecule has 0 saturated heterocycles. The van der Waals surface area contributed by atoms with E-state index in [4.69, 9.17) is 10.2 Å². The fourth-order valence-corrected chi connectivity index (χ4v) is 3.78. The van der Waals surface area contributed by atoms with E-state index in [2.05, 4.69) is 5.32 Å². The summed E-state index contributed by atoms with van der Waals surface area (Å²) in [5.41, 5.74) is 0.980. The highest BCUT2D eigenvalue weighted by molar-refractivity contribution is 7.89. The number of nitrogens with one attached hydrogen (secondary N) is 1. The number of hydrogen-bond acceptors (Lipinski definition) is 5. The first-order valence-corrected chi connectivity index (χ1v) is 10.6. The lowest BCUT2D eigenvalue weighted by atomic mass is 9.93. The van der Waals surface area contributed by atoms with Crippen LogP contribution >= 0.6 is 0 Å². The molecule has 0 bridgehead atoms. The van der Waals surface area contributed by atoms with Gasteiger partial charge in [-0.2, -0.15) is 0 Å². The van der Waals surface area contributed by atoms with Gasteiger partial charge in [-0.25, -0.2) is 13.6 Å². The molecule has 0 fully saturated rings. The Kier molecular flexibility index (Phi) is 6.28. The lowest BCUT2D eigenvalue weighted by molar-refractivity contribution is -0.135. The Morgan fingerprint density at radius 1 is 0.839 bits per heavy atom. The maximum Gasteiger partial charge on any atom is 0.322 e. The Labute approximate surface area is 178 Å². The van der Waals surface area contributed by atoms with Crippen molar-refractivity contribution in [2.24, 2.45) is 5.14 Å². The van der Waals surface area contributed by atoms with Gasteiger partial charge in [0.15, 0.2) is 5.78 Å². The Balaban J connectivity index is 2.17. The lowest BCUT2D eigenvalue weighted by Crippen LogP contribution is -2.29. The van der Waals surface area contributed by atoms with E-state index in [0.717, 1.165) is 6.07 Å². The molecule has 0 aromatic heterocycles. The van der Waals surface area contributed by atoms with Crippen LogP contribution in [0.5, 0.6) is 0 Å². The molecule has 31 heavy (non-hydrogen) atoms. The van der Waals surface area contributed by atoms with Gasteiger partial charge in [-0.1, -0.05) is 54.6 Å². The lowest BCUT2D eigenvalue weighted by Gasteiger charge is -2.14. The fraction of sp³-hybridized carbons (Fsp3) is 0.0455. The third-order valence-corrected chi connectivity index (χ3v) is 5.42. The minimum absolute atomic E-state index is 0.0191. The van der Waals surface area contributed by atoms with Gasteiger partial charge in [-0.15, -0.1) is 0 Å². The molecule has 0 aliphatic rings. The summed E-state index contributed by atoms with van der Waals surface area (Å²) in [6.07, 6.45) is 0. The molecule has 3 aromatic carbocycles. The highest BCUT2D eigenvalue weighted by atomic mass is 32.2. The number of amides is 1. The van der Waals surface area contributed by atoms with Gasteiger partial charge in [-0.05, 0) is 23.8 Å². The molecule has 9 heteroatoms. The Morgan fingerprint density at radius 2 is 1.48 bits per heavy atom. The number of carboxylic acids is 1. The van der Waals surface area contributed by atoms with Crippen LogP contribution in [-0.4, -0.2) is 37.7 Å². The van der Waals surface area contributed by atoms with Crippen LogP contribution in [0.1, 0.15) is 26.3 Å². The number of ketones is 1. The minimum Gasteiger partial charge on any atom is -0.480 e. The molecule has 0 atom stereocenters. The average Bonchev–Trinajstić information content (AvgIpc) is 2.76. The Morgan fingerprint density at radius 3 is 2.13 bits per heavy atom. The third kappa shape index (κ3) is 5.03. The van der Waals surface area contributed by atoms with Crippen molar-refractivity contribution in [2.75, 3.05) is 6.54 Å². The highest BCUT2D eigenvalue weighted by Gasteiger charge is 2.22. The highest BCUT2D eigenvalue weighted by Crippen LogP contribution is 2.32. The molecule has 0 heterocycles. The Bertz CT molecular complexity index is 1270. The van der Waals surface area contributed by atoms with E-state index in [-0.39, 0.29) is 32.9 Å². The summed E-state index contributed by atoms with van der Waals surface area (Å²) in [6.45, 7) is -0.603. The number of rotatable bonds is 7. The number of aliphatic carboxylic acids is 1. The smallest absolute Gasteiger partial charge is 0.322 e. The molecule has 0 saturated carbocycles. The zero-order valence-corrected chi connectivity index (χ0v) is 16.9. The van der Waals surface area contributed by atoms with Crippen molar-refractivity contribution in [3.05, 3.63) is 89.5 Å². The first-order valence-electron chi connectivity index (χ1n) is 9.04. The van der Waals surface area contributed by atoms with Crippen molar-refractivity contribution in [3.8, 4) is 11.1 Å². The summed E-state index contributed by atoms with van der Waals surface area (Å²) in [7, 11) is -4.19. The second-order valence-electron chi connectivity index (χ2n) is 6.57. The maximum atomic E-state index is 13.1. The average molecular weight is 438 g/mol. The van der Waals surface area contributed by atoms with E-state index in [1.807, 2.05) is 0 Å². The van der Waals surface area contributed by atoms with E-state index >= 15 is 0 Å². The topological polar surface area (TPSA) is 144 Å². The standard InChI is InChI=1S/C22H18N2O6S/c23-31(29,30)19-11-10-15(22(28)24-13-20(25)26)12-18(19)16-8-4-5-9-17(16)21(27)14-6-2-1-3-7-14/h1-12H,13H2,(H,24,28)(H,25,26)(H2,23,29,30). The van der Waals surface area contributed by atoms with Gasteiger partial charge in [0.1, 0.15) is 6.54 Å². The first kappa shape index (κ1) is 21.9. The summed E-state index contributed by atoms with van der Waals surface area (Å²) >= 11 is 0. The van der Waals surface area contributed by atoms with Gasteiger partial charge in [0.05, 0.1) is 4.90 Å². The monoisotopic (exact) mass is 438 g/mol. The predicted octanol–water partition coefficient (Wildman–Crippen LogP) is 2.05. The first-order chi connectivity index (χ1) is 14.7. The second-order valence-corrected chi connectivity index (χ2v) is 8.10. The zero-order valence-electron chi connectivity index (χ0n) is 16.1. The van der Waals surface area contributed by atoms with Gasteiger partial charge in [0.2, 0.25) is 10.0 Å².